The Bertz CT molecular complexity index is 1040. The summed E-state index contributed by atoms with van der Waals surface area (Å²) in [5.41, 5.74) is 7.91. The molecule has 3 rings (SSSR count). The van der Waals surface area contributed by atoms with Crippen molar-refractivity contribution in [2.75, 3.05) is 30.9 Å². The molecule has 0 unspecified atom stereocenters. The number of aromatic nitrogens is 2. The van der Waals surface area contributed by atoms with E-state index in [9.17, 15) is 9.59 Å². The number of amides is 3. The lowest BCUT2D eigenvalue weighted by atomic mass is 10.1. The number of primary amides is 1. The van der Waals surface area contributed by atoms with Crippen molar-refractivity contribution in [2.45, 2.75) is 13.0 Å². The average Bonchev–Trinajstić information content (AvgIpc) is 2.75. The highest BCUT2D eigenvalue weighted by atomic mass is 16.5. The van der Waals surface area contributed by atoms with Gasteiger partial charge < -0.3 is 26.4 Å². The number of nitrogens with two attached hydrogens (primary N) is 1. The minimum atomic E-state index is -0.537. The molecule has 3 amide bonds. The third kappa shape index (κ3) is 5.42. The number of hydrogen-bond donors (Lipinski definition) is 4. The molecule has 0 saturated carbocycles. The highest BCUT2D eigenvalue weighted by Gasteiger charge is 2.11. The number of benzene rings is 2. The molecule has 2 aromatic carbocycles. The van der Waals surface area contributed by atoms with Crippen molar-refractivity contribution < 1.29 is 14.3 Å². The maximum Gasteiger partial charge on any atom is 0.319 e. The molecule has 0 saturated heterocycles. The number of urea groups is 1. The third-order valence-corrected chi connectivity index (χ3v) is 4.39. The molecule has 0 bridgehead atoms. The first-order valence-corrected chi connectivity index (χ1v) is 9.48. The normalized spacial score (nSPS) is 10.6. The Kier molecular flexibility index (Phi) is 7.12. The van der Waals surface area contributed by atoms with Crippen molar-refractivity contribution in [3.05, 3.63) is 59.9 Å². The number of hydrogen-bond acceptors (Lipinski definition) is 6. The fourth-order valence-corrected chi connectivity index (χ4v) is 2.97. The van der Waals surface area contributed by atoms with E-state index in [4.69, 9.17) is 10.5 Å². The van der Waals surface area contributed by atoms with Gasteiger partial charge in [0.25, 0.3) is 5.91 Å². The van der Waals surface area contributed by atoms with Crippen molar-refractivity contribution in [3.8, 4) is 0 Å². The van der Waals surface area contributed by atoms with E-state index in [1.807, 2.05) is 30.3 Å². The topological polar surface area (TPSA) is 131 Å². The Labute approximate surface area is 174 Å². The van der Waals surface area contributed by atoms with Gasteiger partial charge in [0.2, 0.25) is 0 Å². The molecule has 0 aliphatic carbocycles. The molecule has 9 heteroatoms. The Balaban J connectivity index is 1.65. The Morgan fingerprint density at radius 2 is 1.97 bits per heavy atom. The third-order valence-electron chi connectivity index (χ3n) is 4.39. The lowest BCUT2D eigenvalue weighted by Crippen LogP contribution is -2.30. The summed E-state index contributed by atoms with van der Waals surface area (Å²) in [4.78, 5) is 32.1. The van der Waals surface area contributed by atoms with Crippen LogP contribution in [0.1, 0.15) is 22.3 Å². The van der Waals surface area contributed by atoms with Gasteiger partial charge in [0.1, 0.15) is 12.1 Å². The van der Waals surface area contributed by atoms with Crippen LogP contribution in [0.5, 0.6) is 0 Å². The van der Waals surface area contributed by atoms with Gasteiger partial charge in [0.15, 0.2) is 0 Å². The van der Waals surface area contributed by atoms with E-state index in [-0.39, 0.29) is 6.03 Å². The van der Waals surface area contributed by atoms with Gasteiger partial charge in [-0.2, -0.15) is 0 Å². The summed E-state index contributed by atoms with van der Waals surface area (Å²) in [5.74, 6) is 0.0573. The molecule has 30 heavy (non-hydrogen) atoms. The van der Waals surface area contributed by atoms with Crippen molar-refractivity contribution in [1.82, 2.24) is 15.3 Å². The summed E-state index contributed by atoms with van der Waals surface area (Å²) in [7, 11) is 1.63. The van der Waals surface area contributed by atoms with E-state index in [1.54, 1.807) is 19.2 Å². The first-order valence-electron chi connectivity index (χ1n) is 9.48. The number of carbonyl (C=O) groups excluding carboxylic acids is 2. The predicted octanol–water partition coefficient (Wildman–Crippen LogP) is 2.50. The zero-order valence-corrected chi connectivity index (χ0v) is 16.6. The first-order chi connectivity index (χ1) is 14.6. The van der Waals surface area contributed by atoms with Crippen molar-refractivity contribution in [3.63, 3.8) is 0 Å². The molecular weight excluding hydrogens is 384 g/mol. The van der Waals surface area contributed by atoms with Gasteiger partial charge in [-0.05, 0) is 36.2 Å². The largest absolute Gasteiger partial charge is 0.385 e. The van der Waals surface area contributed by atoms with Crippen LogP contribution < -0.4 is 21.7 Å². The van der Waals surface area contributed by atoms with Gasteiger partial charge in [0, 0.05) is 37.9 Å². The number of fused-ring (bicyclic) bond motifs is 1. The maximum absolute atomic E-state index is 12.0. The van der Waals surface area contributed by atoms with Crippen molar-refractivity contribution in [2.24, 2.45) is 5.73 Å². The minimum absolute atomic E-state index is 0.267. The zero-order chi connectivity index (χ0) is 21.3. The summed E-state index contributed by atoms with van der Waals surface area (Å²) in [5, 5.41) is 9.55. The fraction of sp³-hybridized carbons (Fsp3) is 0.238. The Morgan fingerprint density at radius 1 is 1.13 bits per heavy atom. The lowest BCUT2D eigenvalue weighted by Gasteiger charge is -2.11. The quantitative estimate of drug-likeness (QED) is 0.402. The van der Waals surface area contributed by atoms with E-state index < -0.39 is 5.91 Å². The van der Waals surface area contributed by atoms with E-state index in [0.29, 0.717) is 47.7 Å². The van der Waals surface area contributed by atoms with Gasteiger partial charge in [-0.1, -0.05) is 18.2 Å². The number of ether oxygens (including phenoxy) is 1. The predicted molar refractivity (Wildman–Crippen MR) is 115 cm³/mol. The molecule has 0 fully saturated rings. The number of methoxy groups -OCH3 is 1. The molecule has 0 atom stereocenters. The number of nitrogens with zero attached hydrogens (tertiary/aromatic N) is 2. The molecule has 0 aliphatic rings. The molecule has 9 nitrogen and oxygen atoms in total. The second-order valence-corrected chi connectivity index (χ2v) is 6.57. The highest BCUT2D eigenvalue weighted by Crippen LogP contribution is 2.23. The van der Waals surface area contributed by atoms with Crippen LogP contribution in [-0.2, 0) is 11.3 Å². The lowest BCUT2D eigenvalue weighted by molar-refractivity contribution is 0.100. The summed E-state index contributed by atoms with van der Waals surface area (Å²) >= 11 is 0. The van der Waals surface area contributed by atoms with Crippen LogP contribution >= 0.6 is 0 Å². The van der Waals surface area contributed by atoms with Crippen LogP contribution in [0.25, 0.3) is 10.9 Å². The molecule has 1 aromatic heterocycles. The molecule has 0 radical (unpaired) electrons. The van der Waals surface area contributed by atoms with Crippen LogP contribution in [0.2, 0.25) is 0 Å². The van der Waals surface area contributed by atoms with Gasteiger partial charge in [-0.25, -0.2) is 14.8 Å². The summed E-state index contributed by atoms with van der Waals surface area (Å²) in [6, 6.07) is 12.4. The SMILES string of the molecule is COCCCNC(=O)Nc1cccc(CNc2ncnc3c(C(N)=O)cccc23)c1. The second kappa shape index (κ2) is 10.2. The molecule has 156 valence electrons. The van der Waals surface area contributed by atoms with Crippen molar-refractivity contribution in [1.29, 1.82) is 0 Å². The molecule has 5 N–H and O–H groups in total. The van der Waals surface area contributed by atoms with E-state index in [0.717, 1.165) is 12.0 Å². The van der Waals surface area contributed by atoms with Crippen molar-refractivity contribution >= 4 is 34.3 Å². The van der Waals surface area contributed by atoms with Gasteiger partial charge in [-0.15, -0.1) is 0 Å². The van der Waals surface area contributed by atoms with Gasteiger partial charge in [-0.3, -0.25) is 4.79 Å². The average molecular weight is 408 g/mol. The highest BCUT2D eigenvalue weighted by molar-refractivity contribution is 6.06. The van der Waals surface area contributed by atoms with Gasteiger partial charge >= 0.3 is 6.03 Å². The van der Waals surface area contributed by atoms with Crippen LogP contribution in [0.15, 0.2) is 48.8 Å². The second-order valence-electron chi connectivity index (χ2n) is 6.57. The minimum Gasteiger partial charge on any atom is -0.385 e. The number of anilines is 2. The van der Waals surface area contributed by atoms with Gasteiger partial charge in [0.05, 0.1) is 11.1 Å². The summed E-state index contributed by atoms with van der Waals surface area (Å²) in [6.45, 7) is 1.60. The van der Waals surface area contributed by atoms with E-state index in [1.165, 1.54) is 6.33 Å². The number of rotatable bonds is 9. The van der Waals surface area contributed by atoms with E-state index >= 15 is 0 Å². The van der Waals surface area contributed by atoms with Crippen LogP contribution in [0, 0.1) is 0 Å². The Morgan fingerprint density at radius 3 is 2.77 bits per heavy atom. The summed E-state index contributed by atoms with van der Waals surface area (Å²) < 4.78 is 4.96. The zero-order valence-electron chi connectivity index (χ0n) is 16.6. The van der Waals surface area contributed by atoms with Crippen LogP contribution in [0.4, 0.5) is 16.3 Å². The summed E-state index contributed by atoms with van der Waals surface area (Å²) in [6.07, 6.45) is 2.14. The molecule has 0 spiro atoms. The molecule has 0 aliphatic heterocycles. The number of para-hydroxylation sites is 1. The fourth-order valence-electron chi connectivity index (χ4n) is 2.97. The van der Waals surface area contributed by atoms with Crippen LogP contribution in [-0.4, -0.2) is 42.2 Å². The van der Waals surface area contributed by atoms with E-state index in [2.05, 4.69) is 25.9 Å². The first kappa shape index (κ1) is 21.0. The smallest absolute Gasteiger partial charge is 0.319 e. The number of carbonyl (C=O) groups is 2. The monoisotopic (exact) mass is 408 g/mol. The molecular formula is C21H24N6O3. The molecule has 1 heterocycles. The number of nitrogens with one attached hydrogen (secondary N) is 3. The maximum atomic E-state index is 12.0. The Hall–Kier alpha value is -3.72. The standard InChI is InChI=1S/C21H24N6O3/c1-30-10-4-9-23-21(29)27-15-6-2-5-14(11-15)12-24-20-17-8-3-7-16(19(22)28)18(17)25-13-26-20/h2-3,5-8,11,13H,4,9-10,12H2,1H3,(H2,22,28)(H2,23,27,29)(H,24,25,26). The van der Waals surface area contributed by atoms with Crippen LogP contribution in [0.3, 0.4) is 0 Å². The molecule has 3 aromatic rings.